The van der Waals surface area contributed by atoms with E-state index in [9.17, 15) is 15.0 Å². The highest BCUT2D eigenvalue weighted by Crippen LogP contribution is 2.60. The average molecular weight is 469 g/mol. The Bertz CT molecular complexity index is 897. The summed E-state index contributed by atoms with van der Waals surface area (Å²) in [7, 11) is 0. The van der Waals surface area contributed by atoms with Crippen LogP contribution in [0.1, 0.15) is 79.1 Å². The van der Waals surface area contributed by atoms with Crippen molar-refractivity contribution in [3.05, 3.63) is 47.6 Å². The van der Waals surface area contributed by atoms with Crippen LogP contribution in [-0.4, -0.2) is 34.5 Å². The van der Waals surface area contributed by atoms with Crippen LogP contribution in [0.2, 0.25) is 0 Å². The first kappa shape index (κ1) is 25.4. The summed E-state index contributed by atoms with van der Waals surface area (Å²) in [6.07, 6.45) is 11.6. The number of rotatable bonds is 5. The fourth-order valence-corrected chi connectivity index (χ4v) is 7.78. The number of carbonyl (C=O) groups excluding carboxylic acids is 1. The van der Waals surface area contributed by atoms with E-state index in [-0.39, 0.29) is 29.3 Å². The first-order valence-corrected chi connectivity index (χ1v) is 13.4. The molecule has 188 valence electrons. The maximum Gasteiger partial charge on any atom is 0.334 e. The summed E-state index contributed by atoms with van der Waals surface area (Å²) in [5.41, 5.74) is 4.16. The Hall–Kier alpha value is -1.65. The van der Waals surface area contributed by atoms with Gasteiger partial charge >= 0.3 is 5.97 Å². The second-order valence-electron chi connectivity index (χ2n) is 11.8. The van der Waals surface area contributed by atoms with Crippen LogP contribution in [0.4, 0.5) is 0 Å². The largest absolute Gasteiger partial charge is 0.458 e. The van der Waals surface area contributed by atoms with Gasteiger partial charge in [-0.3, -0.25) is 0 Å². The molecule has 0 bridgehead atoms. The molecule has 4 nitrogen and oxygen atoms in total. The van der Waals surface area contributed by atoms with Crippen molar-refractivity contribution in [2.75, 3.05) is 0 Å². The van der Waals surface area contributed by atoms with Crippen molar-refractivity contribution in [2.24, 2.45) is 35.0 Å². The van der Waals surface area contributed by atoms with Crippen LogP contribution in [-0.2, 0) is 9.53 Å². The van der Waals surface area contributed by atoms with Gasteiger partial charge in [0.15, 0.2) is 0 Å². The predicted octanol–water partition coefficient (Wildman–Crippen LogP) is 5.91. The van der Waals surface area contributed by atoms with E-state index in [0.29, 0.717) is 29.7 Å². The van der Waals surface area contributed by atoms with Crippen molar-refractivity contribution in [1.29, 1.82) is 0 Å². The van der Waals surface area contributed by atoms with E-state index in [0.717, 1.165) is 30.4 Å². The standard InChI is InChI=1S/C30H44O4/c1-7-23-19(4)29(33)34-27(23)15-17(2)24-12-13-25-21(9-8-14-30(24,25)6)10-11-22-16-26(31)20(5)28(32)18(22)3/h10-11,17,20,23-28,31-32H,3-4,7-9,12-16H2,1-2,5-6H3/t17-,20+,23+,24-,25+,26-,27-,28-,30-/m1/s1. The lowest BCUT2D eigenvalue weighted by atomic mass is 9.60. The maximum atomic E-state index is 12.1. The van der Waals surface area contributed by atoms with Crippen LogP contribution in [0.25, 0.3) is 0 Å². The number of esters is 1. The fraction of sp³-hybridized carbons (Fsp3) is 0.700. The molecule has 1 heterocycles. The minimum Gasteiger partial charge on any atom is -0.458 e. The normalized spacial score (nSPS) is 43.9. The third kappa shape index (κ3) is 4.37. The van der Waals surface area contributed by atoms with Gasteiger partial charge < -0.3 is 14.9 Å². The molecule has 3 saturated carbocycles. The summed E-state index contributed by atoms with van der Waals surface area (Å²) >= 11 is 0. The van der Waals surface area contributed by atoms with Crippen LogP contribution in [0.3, 0.4) is 0 Å². The molecule has 1 saturated heterocycles. The molecule has 4 aliphatic rings. The molecule has 4 heteroatoms. The number of hydrogen-bond acceptors (Lipinski definition) is 4. The number of hydrogen-bond donors (Lipinski definition) is 2. The first-order valence-electron chi connectivity index (χ1n) is 13.4. The molecule has 0 aromatic heterocycles. The van der Waals surface area contributed by atoms with Gasteiger partial charge in [-0.25, -0.2) is 4.79 Å². The van der Waals surface area contributed by atoms with Crippen LogP contribution in [0.15, 0.2) is 47.6 Å². The number of aliphatic hydroxyl groups excluding tert-OH is 2. The van der Waals surface area contributed by atoms with E-state index in [2.05, 4.69) is 46.1 Å². The lowest BCUT2D eigenvalue weighted by Crippen LogP contribution is -2.37. The van der Waals surface area contributed by atoms with Gasteiger partial charge in [0, 0.05) is 17.4 Å². The molecule has 0 aromatic carbocycles. The number of ether oxygens (including phenoxy) is 1. The van der Waals surface area contributed by atoms with Gasteiger partial charge in [0.2, 0.25) is 0 Å². The summed E-state index contributed by atoms with van der Waals surface area (Å²) in [5, 5.41) is 20.8. The van der Waals surface area contributed by atoms with Gasteiger partial charge in [0.1, 0.15) is 6.10 Å². The van der Waals surface area contributed by atoms with Gasteiger partial charge in [0.25, 0.3) is 0 Å². The summed E-state index contributed by atoms with van der Waals surface area (Å²) in [6.45, 7) is 16.9. The van der Waals surface area contributed by atoms with Crippen molar-refractivity contribution in [2.45, 2.75) is 97.4 Å². The first-order chi connectivity index (χ1) is 16.1. The fourth-order valence-electron chi connectivity index (χ4n) is 7.78. The van der Waals surface area contributed by atoms with Crippen molar-refractivity contribution in [1.82, 2.24) is 0 Å². The zero-order valence-electron chi connectivity index (χ0n) is 21.6. The lowest BCUT2D eigenvalue weighted by molar-refractivity contribution is -0.140. The summed E-state index contributed by atoms with van der Waals surface area (Å²) in [6, 6.07) is 0. The van der Waals surface area contributed by atoms with Gasteiger partial charge in [-0.15, -0.1) is 0 Å². The Kier molecular flexibility index (Phi) is 7.32. The minimum absolute atomic E-state index is 0.0245. The monoisotopic (exact) mass is 468 g/mol. The maximum absolute atomic E-state index is 12.1. The summed E-state index contributed by atoms with van der Waals surface area (Å²) in [4.78, 5) is 12.1. The number of cyclic esters (lactones) is 1. The zero-order valence-corrected chi connectivity index (χ0v) is 21.6. The van der Waals surface area contributed by atoms with E-state index in [1.54, 1.807) is 0 Å². The summed E-state index contributed by atoms with van der Waals surface area (Å²) < 4.78 is 5.73. The minimum atomic E-state index is -0.672. The molecular formula is C30H44O4. The number of aliphatic hydroxyl groups is 2. The third-order valence-electron chi connectivity index (χ3n) is 9.99. The SMILES string of the molecule is C=C1C(=CC=C2CCC[C@]3(C)[C@@H]([C@H](C)C[C@H]4OC(=O)C(=C)[C@@H]4CC)CC[C@@H]23)C[C@@H](O)[C@H](C)[C@@H]1O. The van der Waals surface area contributed by atoms with Gasteiger partial charge in [-0.2, -0.15) is 0 Å². The Morgan fingerprint density at radius 1 is 1.21 bits per heavy atom. The number of carbonyl (C=O) groups is 1. The molecule has 0 spiro atoms. The van der Waals surface area contributed by atoms with Crippen LogP contribution in [0.5, 0.6) is 0 Å². The Labute approximate surface area is 205 Å². The van der Waals surface area contributed by atoms with Crippen molar-refractivity contribution >= 4 is 5.97 Å². The Morgan fingerprint density at radius 3 is 2.65 bits per heavy atom. The zero-order chi connectivity index (χ0) is 24.8. The topological polar surface area (TPSA) is 66.8 Å². The van der Waals surface area contributed by atoms with Crippen molar-refractivity contribution in [3.8, 4) is 0 Å². The van der Waals surface area contributed by atoms with E-state index < -0.39 is 12.2 Å². The molecule has 0 radical (unpaired) electrons. The average Bonchev–Trinajstić information content (AvgIpc) is 3.29. The molecule has 1 aliphatic heterocycles. The molecule has 0 amide bonds. The van der Waals surface area contributed by atoms with Crippen LogP contribution >= 0.6 is 0 Å². The molecule has 2 N–H and O–H groups in total. The molecular weight excluding hydrogens is 424 g/mol. The molecule has 9 atom stereocenters. The number of fused-ring (bicyclic) bond motifs is 1. The highest BCUT2D eigenvalue weighted by Gasteiger charge is 2.51. The van der Waals surface area contributed by atoms with Gasteiger partial charge in [0.05, 0.1) is 12.2 Å². The van der Waals surface area contributed by atoms with E-state index in [1.807, 2.05) is 6.92 Å². The highest BCUT2D eigenvalue weighted by molar-refractivity contribution is 5.90. The lowest BCUT2D eigenvalue weighted by Gasteiger charge is -2.45. The molecule has 34 heavy (non-hydrogen) atoms. The van der Waals surface area contributed by atoms with Crippen LogP contribution in [0, 0.1) is 35.0 Å². The molecule has 4 fully saturated rings. The molecule has 3 aliphatic carbocycles. The highest BCUT2D eigenvalue weighted by atomic mass is 16.6. The Balaban J connectivity index is 1.49. The van der Waals surface area contributed by atoms with Gasteiger partial charge in [-0.1, -0.05) is 58.6 Å². The molecule has 0 unspecified atom stereocenters. The van der Waals surface area contributed by atoms with E-state index in [4.69, 9.17) is 4.74 Å². The third-order valence-corrected chi connectivity index (χ3v) is 9.99. The molecule has 0 aromatic rings. The van der Waals surface area contributed by atoms with Crippen molar-refractivity contribution in [3.63, 3.8) is 0 Å². The molecule has 4 rings (SSSR count). The second kappa shape index (κ2) is 9.78. The van der Waals surface area contributed by atoms with Gasteiger partial charge in [-0.05, 0) is 85.7 Å². The van der Waals surface area contributed by atoms with E-state index in [1.165, 1.54) is 31.3 Å². The number of allylic oxidation sites excluding steroid dienone is 3. The predicted molar refractivity (Wildman–Crippen MR) is 136 cm³/mol. The quantitative estimate of drug-likeness (QED) is 0.389. The summed E-state index contributed by atoms with van der Waals surface area (Å²) in [5.74, 6) is 1.47. The van der Waals surface area contributed by atoms with Crippen LogP contribution < -0.4 is 0 Å². The van der Waals surface area contributed by atoms with Crippen molar-refractivity contribution < 1.29 is 19.7 Å². The smallest absolute Gasteiger partial charge is 0.334 e. The van der Waals surface area contributed by atoms with E-state index >= 15 is 0 Å². The second-order valence-corrected chi connectivity index (χ2v) is 11.8. The Morgan fingerprint density at radius 2 is 1.94 bits per heavy atom.